The van der Waals surface area contributed by atoms with Gasteiger partial charge >= 0.3 is 0 Å². The van der Waals surface area contributed by atoms with Gasteiger partial charge in [0, 0.05) is 60.0 Å². The zero-order chi connectivity index (χ0) is 52.3. The van der Waals surface area contributed by atoms with E-state index >= 15 is 0 Å². The molecule has 8 aromatic rings. The molecule has 0 spiro atoms. The molecule has 0 bridgehead atoms. The third-order valence-corrected chi connectivity index (χ3v) is 9.48. The molecule has 5 heteroatoms. The summed E-state index contributed by atoms with van der Waals surface area (Å²) in [6.07, 6.45) is -1.56. The molecule has 0 N–H and O–H groups in total. The Morgan fingerprint density at radius 2 is 1.30 bits per heavy atom. The van der Waals surface area contributed by atoms with Crippen molar-refractivity contribution in [1.29, 1.82) is 0 Å². The monoisotopic (exact) mass is 980 g/mol. The maximum atomic E-state index is 9.24. The number of aromatic nitrogens is 3. The number of fused-ring (bicyclic) bond motifs is 3. The summed E-state index contributed by atoms with van der Waals surface area (Å²) in [5.74, 6) is 0. The quantitative estimate of drug-likeness (QED) is 0.142. The smallest absolute Gasteiger partial charge is 0.216 e. The van der Waals surface area contributed by atoms with Gasteiger partial charge in [0.25, 0.3) is 0 Å². The van der Waals surface area contributed by atoms with E-state index in [1.807, 2.05) is 110 Å². The van der Waals surface area contributed by atoms with Gasteiger partial charge in [-0.05, 0) is 106 Å². The van der Waals surface area contributed by atoms with Crippen molar-refractivity contribution in [3.8, 4) is 33.6 Å². The van der Waals surface area contributed by atoms with Crippen molar-refractivity contribution < 1.29 is 41.0 Å². The zero-order valence-corrected chi connectivity index (χ0v) is 37.6. The van der Waals surface area contributed by atoms with E-state index in [1.165, 1.54) is 12.1 Å². The summed E-state index contributed by atoms with van der Waals surface area (Å²) >= 11 is 0. The maximum Gasteiger partial charge on any atom is 0.216 e. The minimum absolute atomic E-state index is 0. The SMILES string of the molecule is [2H]C([2H])([2H])c1c[c-]c(-c2cc(-c3ccc(C([2H])([2H])C(C)(C)C)cc3)ccn2)cc1.[2H]C([2H])([2H])c1ccc2c(n1)oc1c(-c3cc(C([2H])([2H])C(C)(C)c4ccc(C([2H])([2H])C(C)(C)C)cc4)ccn3)[c-]ccc12.[Ir]. The molecule has 0 atom stereocenters. The van der Waals surface area contributed by atoms with Crippen LogP contribution in [0.1, 0.15) is 105 Å². The molecule has 0 aliphatic carbocycles. The van der Waals surface area contributed by atoms with E-state index in [0.29, 0.717) is 44.6 Å². The van der Waals surface area contributed by atoms with E-state index < -0.39 is 49.1 Å². The van der Waals surface area contributed by atoms with E-state index in [9.17, 15) is 2.74 Å². The van der Waals surface area contributed by atoms with Crippen molar-refractivity contribution >= 4 is 22.1 Å². The molecule has 4 nitrogen and oxygen atoms in total. The van der Waals surface area contributed by atoms with Crippen LogP contribution >= 0.6 is 0 Å². The molecule has 0 fully saturated rings. The van der Waals surface area contributed by atoms with E-state index in [1.54, 1.807) is 60.9 Å². The van der Waals surface area contributed by atoms with Gasteiger partial charge in [-0.1, -0.05) is 139 Å². The van der Waals surface area contributed by atoms with Crippen molar-refractivity contribution in [2.75, 3.05) is 0 Å². The van der Waals surface area contributed by atoms with Gasteiger partial charge in [-0.15, -0.1) is 53.6 Å². The van der Waals surface area contributed by atoms with Gasteiger partial charge in [-0.25, -0.2) is 4.98 Å². The Hall–Kier alpha value is -5.22. The number of rotatable bonds is 8. The van der Waals surface area contributed by atoms with Crippen molar-refractivity contribution in [1.82, 2.24) is 15.0 Å². The van der Waals surface area contributed by atoms with Crippen LogP contribution in [0.3, 0.4) is 0 Å². The van der Waals surface area contributed by atoms with Gasteiger partial charge in [0.05, 0.1) is 5.58 Å². The molecule has 4 heterocycles. The Labute approximate surface area is 388 Å². The van der Waals surface area contributed by atoms with Gasteiger partial charge < -0.3 is 14.4 Å². The number of benzene rings is 4. The number of aryl methyl sites for hydroxylation is 2. The molecule has 4 aromatic carbocycles. The van der Waals surface area contributed by atoms with Crippen molar-refractivity contribution in [3.05, 3.63) is 173 Å². The Bertz CT molecular complexity index is 3180. The molecule has 0 amide bonds. The minimum atomic E-state index is -2.37. The second-order valence-electron chi connectivity index (χ2n) is 17.3. The van der Waals surface area contributed by atoms with Crippen LogP contribution in [0, 0.1) is 36.7 Å². The largest absolute Gasteiger partial charge is 0.486 e. The van der Waals surface area contributed by atoms with E-state index in [4.69, 9.17) is 18.1 Å². The summed E-state index contributed by atoms with van der Waals surface area (Å²) in [6.45, 7) is 10.4. The van der Waals surface area contributed by atoms with Crippen LogP contribution in [0.2, 0.25) is 0 Å². The van der Waals surface area contributed by atoms with Crippen molar-refractivity contribution in [2.45, 2.75) is 93.6 Å². The molecular formula is C55H57IrN3O-2. The Kier molecular flexibility index (Phi) is 9.32. The normalized spacial score (nSPS) is 16.0. The average molecular weight is 980 g/mol. The van der Waals surface area contributed by atoms with Crippen LogP contribution in [-0.2, 0) is 44.6 Å². The molecule has 8 rings (SSSR count). The third-order valence-electron chi connectivity index (χ3n) is 9.48. The molecular weight excluding hydrogens is 911 g/mol. The first-order valence-corrected chi connectivity index (χ1v) is 19.7. The Balaban J connectivity index is 0.000000248. The number of hydrogen-bond acceptors (Lipinski definition) is 4. The predicted octanol–water partition coefficient (Wildman–Crippen LogP) is 14.4. The molecule has 60 heavy (non-hydrogen) atoms. The first-order chi connectivity index (χ1) is 32.7. The summed E-state index contributed by atoms with van der Waals surface area (Å²) in [4.78, 5) is 13.1. The molecule has 0 saturated heterocycles. The molecule has 0 aliphatic rings. The van der Waals surface area contributed by atoms with Crippen LogP contribution in [0.15, 0.2) is 132 Å². The second-order valence-corrected chi connectivity index (χ2v) is 17.3. The molecule has 4 aromatic heterocycles. The fourth-order valence-electron chi connectivity index (χ4n) is 6.81. The standard InChI is InChI=1S/C32H33N2O.C23H24N.Ir/c1-21-10-15-26-25-8-7-9-27(29(25)35-30(26)34-21)28-18-23(16-17-33-28)20-32(5,6)24-13-11-22(12-14-24)19-31(2,3)4;1-17-5-9-20(10-6-17)22-15-21(13-14-24-22)19-11-7-18(8-12-19)16-23(2,3)4;/h7-8,10-18H,19-20H2,1-6H3;5-9,11-15H,16H2,1-4H3;/q2*-1;/i1D3,19D2,20D2;1D3,16D2;. The molecule has 309 valence electrons. The third kappa shape index (κ3) is 11.1. The summed E-state index contributed by atoms with van der Waals surface area (Å²) in [5, 5.41) is 1.40. The summed E-state index contributed by atoms with van der Waals surface area (Å²) in [5.41, 5.74) is 5.41. The molecule has 0 aliphatic heterocycles. The number of pyridine rings is 3. The molecule has 1 radical (unpaired) electrons. The van der Waals surface area contributed by atoms with Crippen LogP contribution < -0.4 is 0 Å². The van der Waals surface area contributed by atoms with E-state index in [-0.39, 0.29) is 37.1 Å². The molecule has 0 unspecified atom stereocenters. The van der Waals surface area contributed by atoms with Crippen LogP contribution in [0.5, 0.6) is 0 Å². The Morgan fingerprint density at radius 3 is 1.95 bits per heavy atom. The second kappa shape index (κ2) is 18.2. The number of nitrogens with zero attached hydrogens (tertiary/aromatic N) is 3. The molecule has 0 saturated carbocycles. The number of hydrogen-bond donors (Lipinski definition) is 0. The first-order valence-electron chi connectivity index (χ1n) is 25.7. The predicted molar refractivity (Wildman–Crippen MR) is 246 cm³/mol. The van der Waals surface area contributed by atoms with Crippen LogP contribution in [0.4, 0.5) is 0 Å². The topological polar surface area (TPSA) is 51.8 Å². The average Bonchev–Trinajstić information content (AvgIpc) is 3.69. The van der Waals surface area contributed by atoms with Crippen LogP contribution in [0.25, 0.3) is 55.7 Å². The van der Waals surface area contributed by atoms with Gasteiger partial charge in [-0.2, -0.15) is 0 Å². The maximum absolute atomic E-state index is 9.24. The first kappa shape index (κ1) is 30.8. The van der Waals surface area contributed by atoms with Gasteiger partial charge in [0.15, 0.2) is 0 Å². The number of furan rings is 1. The zero-order valence-electron chi connectivity index (χ0n) is 47.2. The summed E-state index contributed by atoms with van der Waals surface area (Å²) < 4.78 is 104. The fraction of sp³-hybridized carbons (Fsp3) is 0.291. The summed E-state index contributed by atoms with van der Waals surface area (Å²) in [6, 6.07) is 39.4. The van der Waals surface area contributed by atoms with Gasteiger partial charge in [-0.3, -0.25) is 0 Å². The minimum Gasteiger partial charge on any atom is -0.486 e. The van der Waals surface area contributed by atoms with Gasteiger partial charge in [0.2, 0.25) is 5.71 Å². The van der Waals surface area contributed by atoms with Crippen LogP contribution in [-0.4, -0.2) is 15.0 Å². The van der Waals surface area contributed by atoms with E-state index in [2.05, 4.69) is 27.1 Å². The van der Waals surface area contributed by atoms with E-state index in [0.717, 1.165) is 27.6 Å². The summed E-state index contributed by atoms with van der Waals surface area (Å²) in [7, 11) is 0. The fourth-order valence-corrected chi connectivity index (χ4v) is 6.81. The Morgan fingerprint density at radius 1 is 0.617 bits per heavy atom. The van der Waals surface area contributed by atoms with Gasteiger partial charge in [0.1, 0.15) is 0 Å². The van der Waals surface area contributed by atoms with Crippen molar-refractivity contribution in [2.24, 2.45) is 10.8 Å². The van der Waals surface area contributed by atoms with Crippen molar-refractivity contribution in [3.63, 3.8) is 0 Å².